The van der Waals surface area contributed by atoms with Gasteiger partial charge in [0.1, 0.15) is 16.1 Å². The van der Waals surface area contributed by atoms with Crippen molar-refractivity contribution in [3.05, 3.63) is 60.7 Å². The fourth-order valence-corrected chi connectivity index (χ4v) is 30.3. The largest absolute Gasteiger partial charge is 0.145 e. The lowest BCUT2D eigenvalue weighted by Gasteiger charge is -2.42. The molecule has 44 heavy (non-hydrogen) atoms. The van der Waals surface area contributed by atoms with Gasteiger partial charge < -0.3 is 0 Å². The van der Waals surface area contributed by atoms with Gasteiger partial charge in [0.15, 0.2) is 0 Å². The molecule has 4 aromatic carbocycles. The SMILES string of the molecule is CC(C)[Si](c1cc2cc3ccc4c5cc6sc([Si](C(C)C)(C(C)C)C(C)C)cc6cc5ccc4c3cc2s1)(C(C)C)C(C)C. The molecule has 0 bridgehead atoms. The molecule has 0 aliphatic heterocycles. The van der Waals surface area contributed by atoms with Crippen molar-refractivity contribution in [1.29, 1.82) is 0 Å². The molecule has 0 radical (unpaired) electrons. The van der Waals surface area contributed by atoms with Crippen molar-refractivity contribution < 1.29 is 0 Å². The van der Waals surface area contributed by atoms with Crippen LogP contribution in [-0.4, -0.2) is 16.1 Å². The second-order valence-corrected chi connectivity index (χ2v) is 30.1. The number of rotatable bonds is 8. The first-order valence-corrected chi connectivity index (χ1v) is 23.1. The molecule has 232 valence electrons. The summed E-state index contributed by atoms with van der Waals surface area (Å²) in [6.45, 7) is 29.8. The van der Waals surface area contributed by atoms with Crippen LogP contribution in [0.4, 0.5) is 0 Å². The third-order valence-corrected chi connectivity index (χ3v) is 29.7. The Bertz CT molecular complexity index is 1810. The van der Waals surface area contributed by atoms with E-state index in [2.05, 4.69) is 166 Å². The zero-order valence-electron chi connectivity index (χ0n) is 29.1. The van der Waals surface area contributed by atoms with Gasteiger partial charge in [0.25, 0.3) is 0 Å². The minimum absolute atomic E-state index is 0.723. The molecule has 4 heteroatoms. The van der Waals surface area contributed by atoms with E-state index in [1.807, 2.05) is 0 Å². The normalized spacial score (nSPS) is 13.8. The van der Waals surface area contributed by atoms with Crippen LogP contribution in [0.25, 0.3) is 52.5 Å². The fourth-order valence-electron chi connectivity index (χ4n) is 10.1. The molecule has 0 N–H and O–H groups in total. The van der Waals surface area contributed by atoms with Crippen LogP contribution >= 0.6 is 22.7 Å². The molecular weight excluding hydrogens is 601 g/mol. The van der Waals surface area contributed by atoms with Gasteiger partial charge in [-0.3, -0.25) is 0 Å². The van der Waals surface area contributed by atoms with Crippen molar-refractivity contribution in [3.63, 3.8) is 0 Å². The topological polar surface area (TPSA) is 0 Å². The first-order valence-electron chi connectivity index (χ1n) is 17.0. The molecule has 0 nitrogen and oxygen atoms in total. The van der Waals surface area contributed by atoms with Crippen molar-refractivity contribution in [2.24, 2.45) is 0 Å². The Hall–Kier alpha value is -1.99. The van der Waals surface area contributed by atoms with Crippen molar-refractivity contribution >= 4 is 100 Å². The van der Waals surface area contributed by atoms with E-state index < -0.39 is 16.1 Å². The van der Waals surface area contributed by atoms with Crippen molar-refractivity contribution in [1.82, 2.24) is 0 Å². The van der Waals surface area contributed by atoms with E-state index in [4.69, 9.17) is 0 Å². The Kier molecular flexibility index (Phi) is 8.26. The van der Waals surface area contributed by atoms with Crippen LogP contribution in [0.1, 0.15) is 83.1 Å². The van der Waals surface area contributed by atoms with Gasteiger partial charge in [-0.1, -0.05) is 107 Å². The van der Waals surface area contributed by atoms with Crippen LogP contribution in [0.2, 0.25) is 33.2 Å². The van der Waals surface area contributed by atoms with Crippen LogP contribution in [0.15, 0.2) is 60.7 Å². The second-order valence-electron chi connectivity index (χ2n) is 15.5. The molecule has 0 unspecified atom stereocenters. The maximum atomic E-state index is 2.58. The van der Waals surface area contributed by atoms with Gasteiger partial charge in [-0.15, -0.1) is 22.7 Å². The third-order valence-electron chi connectivity index (χ3n) is 11.7. The highest BCUT2D eigenvalue weighted by Gasteiger charge is 2.46. The standard InChI is InChI=1S/C40H52S2Si2/c1-23(2)43(24(3)4,25(5)6)39-19-31-17-29-13-15-34-33(35(29)21-37(31)41-39)16-14-30-18-32-20-40(42-38(32)22-36(30)34)44(26(7)8,27(9)10)28(11)12/h13-28H,1-12H3. The fraction of sp³-hybridized carbons (Fsp3) is 0.450. The minimum atomic E-state index is -1.69. The molecule has 0 fully saturated rings. The number of benzene rings is 4. The molecular formula is C40H52S2Si2. The summed E-state index contributed by atoms with van der Waals surface area (Å²) in [6.07, 6.45) is 0. The average molecular weight is 653 g/mol. The van der Waals surface area contributed by atoms with E-state index in [-0.39, 0.29) is 0 Å². The maximum absolute atomic E-state index is 2.58. The summed E-state index contributed by atoms with van der Waals surface area (Å²) in [6, 6.07) is 24.7. The van der Waals surface area contributed by atoms with E-state index in [9.17, 15) is 0 Å². The van der Waals surface area contributed by atoms with Gasteiger partial charge >= 0.3 is 0 Å². The highest BCUT2D eigenvalue weighted by molar-refractivity contribution is 7.33. The minimum Gasteiger partial charge on any atom is -0.145 e. The van der Waals surface area contributed by atoms with Crippen LogP contribution < -0.4 is 9.00 Å². The third kappa shape index (κ3) is 4.53. The number of hydrogen-bond acceptors (Lipinski definition) is 2. The number of fused-ring (bicyclic) bond motifs is 7. The van der Waals surface area contributed by atoms with Gasteiger partial charge in [0, 0.05) is 9.40 Å². The van der Waals surface area contributed by atoms with Gasteiger partial charge in [-0.05, 0) is 122 Å². The quantitative estimate of drug-likeness (QED) is 0.113. The van der Waals surface area contributed by atoms with E-state index in [1.54, 1.807) is 9.00 Å². The van der Waals surface area contributed by atoms with Gasteiger partial charge in [0.05, 0.1) is 0 Å². The summed E-state index contributed by atoms with van der Waals surface area (Å²) < 4.78 is 6.29. The summed E-state index contributed by atoms with van der Waals surface area (Å²) in [5.41, 5.74) is 4.34. The summed E-state index contributed by atoms with van der Waals surface area (Å²) in [4.78, 5) is 0. The lowest BCUT2D eigenvalue weighted by Crippen LogP contribution is -2.54. The molecule has 0 aliphatic carbocycles. The van der Waals surface area contributed by atoms with Gasteiger partial charge in [-0.25, -0.2) is 0 Å². The number of thiophene rings is 2. The monoisotopic (exact) mass is 652 g/mol. The molecule has 0 atom stereocenters. The van der Waals surface area contributed by atoms with Crippen LogP contribution in [0.3, 0.4) is 0 Å². The van der Waals surface area contributed by atoms with E-state index >= 15 is 0 Å². The number of hydrogen-bond donors (Lipinski definition) is 0. The van der Waals surface area contributed by atoms with E-state index in [1.165, 1.54) is 52.5 Å². The van der Waals surface area contributed by atoms with Crippen molar-refractivity contribution in [2.75, 3.05) is 0 Å². The lowest BCUT2D eigenvalue weighted by molar-refractivity contribution is 0.837. The second kappa shape index (κ2) is 11.4. The summed E-state index contributed by atoms with van der Waals surface area (Å²) in [7, 11) is -3.38. The zero-order valence-corrected chi connectivity index (χ0v) is 32.7. The molecule has 0 spiro atoms. The van der Waals surface area contributed by atoms with Gasteiger partial charge in [-0.2, -0.15) is 0 Å². The van der Waals surface area contributed by atoms with Crippen molar-refractivity contribution in [2.45, 2.75) is 116 Å². The van der Waals surface area contributed by atoms with E-state index in [0.29, 0.717) is 0 Å². The molecule has 2 heterocycles. The zero-order chi connectivity index (χ0) is 31.9. The smallest absolute Gasteiger partial charge is 0.107 e. The Morgan fingerprint density at radius 3 is 0.977 bits per heavy atom. The highest BCUT2D eigenvalue weighted by atomic mass is 32.1. The first kappa shape index (κ1) is 32.0. The lowest BCUT2D eigenvalue weighted by atomic mass is 9.96. The summed E-state index contributed by atoms with van der Waals surface area (Å²) in [5.74, 6) is 0. The Balaban J connectivity index is 1.56. The molecule has 6 rings (SSSR count). The van der Waals surface area contributed by atoms with Gasteiger partial charge in [0.2, 0.25) is 0 Å². The van der Waals surface area contributed by atoms with Crippen molar-refractivity contribution in [3.8, 4) is 0 Å². The highest BCUT2D eigenvalue weighted by Crippen LogP contribution is 2.46. The maximum Gasteiger partial charge on any atom is 0.107 e. The molecule has 2 aromatic heterocycles. The summed E-state index contributed by atoms with van der Waals surface area (Å²) >= 11 is 4.19. The van der Waals surface area contributed by atoms with Crippen LogP contribution in [-0.2, 0) is 0 Å². The Morgan fingerprint density at radius 1 is 0.364 bits per heavy atom. The summed E-state index contributed by atoms with van der Waals surface area (Å²) in [5, 5.41) is 11.1. The molecule has 6 aromatic rings. The Morgan fingerprint density at radius 2 is 0.682 bits per heavy atom. The molecule has 0 aliphatic rings. The average Bonchev–Trinajstić information content (AvgIpc) is 3.53. The van der Waals surface area contributed by atoms with Crippen LogP contribution in [0, 0.1) is 0 Å². The predicted octanol–water partition coefficient (Wildman–Crippen LogP) is 13.3. The molecule has 0 amide bonds. The van der Waals surface area contributed by atoms with E-state index in [0.717, 1.165) is 33.2 Å². The Labute approximate surface area is 275 Å². The molecule has 0 saturated carbocycles. The predicted molar refractivity (Wildman–Crippen MR) is 211 cm³/mol. The van der Waals surface area contributed by atoms with Crippen LogP contribution in [0.5, 0.6) is 0 Å². The molecule has 0 saturated heterocycles. The first-order chi connectivity index (χ1) is 20.7.